The zero-order valence-electron chi connectivity index (χ0n) is 82.5. The van der Waals surface area contributed by atoms with Crippen LogP contribution in [0.3, 0.4) is 0 Å². The maximum absolute atomic E-state index is 9.67. The lowest BCUT2D eigenvalue weighted by Crippen LogP contribution is -2.44. The minimum absolute atomic E-state index is 0.0244. The van der Waals surface area contributed by atoms with Crippen LogP contribution in [0.25, 0.3) is 0 Å². The van der Waals surface area contributed by atoms with Crippen LogP contribution in [-0.2, 0) is 167 Å². The molecule has 0 radical (unpaired) electrons. The van der Waals surface area contributed by atoms with Gasteiger partial charge in [0.15, 0.2) is 0 Å². The van der Waals surface area contributed by atoms with E-state index < -0.39 is 79.0 Å². The zero-order chi connectivity index (χ0) is 94.1. The molecule has 3 atom stereocenters. The Bertz CT molecular complexity index is 2150. The first-order chi connectivity index (χ1) is 59.7. The summed E-state index contributed by atoms with van der Waals surface area (Å²) in [5.74, 6) is 0. The van der Waals surface area contributed by atoms with Crippen LogP contribution >= 0.6 is 0 Å². The lowest BCUT2D eigenvalue weighted by atomic mass is 9.84. The highest BCUT2D eigenvalue weighted by Crippen LogP contribution is 2.31. The molecule has 0 saturated heterocycles. The Kier molecular flexibility index (Phi) is 80.4. The first kappa shape index (κ1) is 129. The van der Waals surface area contributed by atoms with Gasteiger partial charge in [-0.05, 0) is 89.5 Å². The average molecular weight is 1970 g/mol. The van der Waals surface area contributed by atoms with Crippen LogP contribution in [0.15, 0.2) is 0 Å². The molecule has 3 unspecified atom stereocenters. The summed E-state index contributed by atoms with van der Waals surface area (Å²) in [6.45, 7) is 17.8. The van der Waals surface area contributed by atoms with Gasteiger partial charge in [0.2, 0.25) is 0 Å². The number of hydrogen-bond acceptors (Lipinski definition) is 38. The van der Waals surface area contributed by atoms with Gasteiger partial charge in [-0.15, -0.1) is 0 Å². The third kappa shape index (κ3) is 51.4. The molecule has 124 heavy (non-hydrogen) atoms. The second-order valence-corrected chi connectivity index (χ2v) is 57.3. The van der Waals surface area contributed by atoms with Crippen molar-refractivity contribution in [2.24, 2.45) is 10.8 Å². The normalized spacial score (nSPS) is 14.0. The minimum atomic E-state index is -2.71. The van der Waals surface area contributed by atoms with Gasteiger partial charge in [0.25, 0.3) is 0 Å². The molecule has 0 heterocycles. The molecule has 0 aliphatic rings. The maximum Gasteiger partial charge on any atom is 0.500 e. The van der Waals surface area contributed by atoms with Crippen molar-refractivity contribution in [3.8, 4) is 0 Å². The first-order valence-corrected chi connectivity index (χ1v) is 60.8. The summed E-state index contributed by atoms with van der Waals surface area (Å²) in [5.41, 5.74) is -0.291. The maximum atomic E-state index is 9.67. The minimum Gasteiger partial charge on any atom is -0.396 e. The third-order valence-corrected chi connectivity index (χ3v) is 48.1. The molecule has 0 amide bonds. The van der Waals surface area contributed by atoms with E-state index in [0.29, 0.717) is 194 Å². The van der Waals surface area contributed by atoms with Crippen molar-refractivity contribution in [1.29, 1.82) is 0 Å². The van der Waals surface area contributed by atoms with E-state index in [0.717, 1.165) is 69.9 Å². The van der Waals surface area contributed by atoms with Crippen LogP contribution in [0, 0.1) is 10.8 Å². The van der Waals surface area contributed by atoms with Crippen LogP contribution in [0.5, 0.6) is 0 Å². The molecule has 0 aromatic heterocycles. The Morgan fingerprint density at radius 2 is 0.395 bits per heavy atom. The fourth-order valence-electron chi connectivity index (χ4n) is 13.0. The summed E-state index contributed by atoms with van der Waals surface area (Å²) in [7, 11) is 18.3. The molecule has 750 valence electrons. The second kappa shape index (κ2) is 77.6. The molecule has 0 bridgehead atoms. The predicted octanol–water partition coefficient (Wildman–Crippen LogP) is 9.66. The van der Waals surface area contributed by atoms with Gasteiger partial charge in [0, 0.05) is 303 Å². The van der Waals surface area contributed by atoms with Crippen molar-refractivity contribution in [3.05, 3.63) is 0 Å². The fraction of sp³-hybridized carbons (Fsp3) is 1.00. The summed E-state index contributed by atoms with van der Waals surface area (Å²) in [6, 6.07) is 5.96. The zero-order valence-corrected chi connectivity index (χ0v) is 91.5. The van der Waals surface area contributed by atoms with E-state index >= 15 is 0 Å². The number of ether oxygens (including phenoxy) is 11. The second-order valence-electron chi connectivity index (χ2n) is 29.1. The Labute approximate surface area is 758 Å². The molecule has 0 aliphatic carbocycles. The summed E-state index contributed by atoms with van der Waals surface area (Å²) in [4.78, 5) is 0. The van der Waals surface area contributed by atoms with Crippen molar-refractivity contribution in [2.45, 2.75) is 184 Å². The fourth-order valence-corrected chi connectivity index (χ4v) is 28.2. The van der Waals surface area contributed by atoms with Crippen molar-refractivity contribution in [1.82, 2.24) is 0 Å². The summed E-state index contributed by atoms with van der Waals surface area (Å²) in [6.07, 6.45) is 9.37. The molecule has 0 aromatic rings. The van der Waals surface area contributed by atoms with E-state index in [1.54, 1.807) is 185 Å². The lowest BCUT2D eigenvalue weighted by Gasteiger charge is -2.33. The summed E-state index contributed by atoms with van der Waals surface area (Å²) >= 11 is 0. The smallest absolute Gasteiger partial charge is 0.396 e. The molecule has 0 aliphatic heterocycles. The van der Waals surface area contributed by atoms with Crippen molar-refractivity contribution >= 4 is 79.0 Å². The van der Waals surface area contributed by atoms with Crippen LogP contribution in [0.2, 0.25) is 54.4 Å². The SMILES string of the molecule is CCC(CC)(COCCC[Si](OC)(OC)OC)COCCC[Si](OC)(OC)OC.CCC(COCC(COCCC[Si](OC)(OC)OC)OCCC[Si](OC)(OC)OC)OCC(COCCC[Si](OC)(OC)OC)OCCC[Si](OC)(OC)OC.CCC(COCCC[Si](CO)(OC)OC)(COCCC[Si](OC)(OC)OC)COCCC[Si](OC)(OC)OC. The molecule has 47 heteroatoms. The van der Waals surface area contributed by atoms with E-state index in [1.165, 1.54) is 0 Å². The van der Waals surface area contributed by atoms with Gasteiger partial charge in [0.05, 0.1) is 78.4 Å². The standard InChI is InChI=1S/C34H78O18Si4.C24H56O12Si3.C19H44O8Si2/c1-14-32(52-31-34(51-22-18-26-56(44-11,45-12)46-13)29-48-20-16-24-54(38-5,39-6)40-7)27-49-30-33(50-21-17-25-55(41-8,42-9)43-10)28-47-19-15-23-53(35-2,36-3)37-4;1-10-24(20-34-14-11-17-37(23-25,26-2)27-3,21-35-15-12-18-38(28-4,29-5)30-6)22-36-16-13-19-39(31-7,32-8)33-9;1-9-19(10-2,17-26-13-11-15-28(20-3,21-4)22-5)18-27-14-12-16-29(23-6,24-7)25-8/h32-34H,14-31H2,1-13H3;25H,10-23H2,1-9H3;9-18H2,1-8H3. The van der Waals surface area contributed by atoms with Crippen LogP contribution in [-0.4, -0.2) is 419 Å². The van der Waals surface area contributed by atoms with Crippen molar-refractivity contribution < 1.29 is 172 Å². The Hall–Kier alpha value is 0.432. The number of hydrogen-bond donors (Lipinski definition) is 1. The van der Waals surface area contributed by atoms with Gasteiger partial charge in [-0.1, -0.05) is 27.7 Å². The number of aliphatic hydroxyl groups is 1. The van der Waals surface area contributed by atoms with Gasteiger partial charge >= 0.3 is 79.0 Å². The molecule has 0 aromatic carbocycles. The van der Waals surface area contributed by atoms with Gasteiger partial charge in [-0.25, -0.2) is 0 Å². The van der Waals surface area contributed by atoms with E-state index in [2.05, 4.69) is 27.7 Å². The van der Waals surface area contributed by atoms with Crippen LogP contribution in [0.4, 0.5) is 0 Å². The predicted molar refractivity (Wildman–Crippen MR) is 488 cm³/mol. The van der Waals surface area contributed by atoms with E-state index in [-0.39, 0.29) is 35.4 Å². The lowest BCUT2D eigenvalue weighted by molar-refractivity contribution is -0.106. The Morgan fingerprint density at radius 3 is 0.605 bits per heavy atom. The van der Waals surface area contributed by atoms with Crippen LogP contribution in [0.1, 0.15) is 111 Å². The topological polar surface area (TPSA) is 362 Å². The highest BCUT2D eigenvalue weighted by molar-refractivity contribution is 6.67. The molecule has 0 rings (SSSR count). The first-order valence-electron chi connectivity index (χ1n) is 43.1. The quantitative estimate of drug-likeness (QED) is 0.0437. The molecule has 0 saturated carbocycles. The van der Waals surface area contributed by atoms with E-state index in [4.69, 9.17) is 167 Å². The monoisotopic (exact) mass is 1960 g/mol. The van der Waals surface area contributed by atoms with E-state index in [9.17, 15) is 5.11 Å². The molecule has 38 nitrogen and oxygen atoms in total. The average Bonchev–Trinajstić information content (AvgIpc) is 0.809. The van der Waals surface area contributed by atoms with Crippen LogP contribution < -0.4 is 0 Å². The van der Waals surface area contributed by atoms with Crippen molar-refractivity contribution in [2.75, 3.05) is 317 Å². The number of aliphatic hydroxyl groups excluding tert-OH is 1. The highest BCUT2D eigenvalue weighted by Gasteiger charge is 2.44. The molecule has 0 fully saturated rings. The highest BCUT2D eigenvalue weighted by atomic mass is 28.4. The molecular weight excluding hydrogens is 1790 g/mol. The third-order valence-electron chi connectivity index (χ3n) is 22.4. The summed E-state index contributed by atoms with van der Waals surface area (Å²) in [5, 5.41) is 9.67. The number of rotatable bonds is 90. The van der Waals surface area contributed by atoms with Gasteiger partial charge < -0.3 is 172 Å². The molecule has 1 N–H and O–H groups in total. The summed E-state index contributed by atoms with van der Waals surface area (Å²) < 4.78 is 210. The molecule has 0 spiro atoms. The Morgan fingerprint density at radius 1 is 0.202 bits per heavy atom. The Balaban J connectivity index is -0.00000188. The molecular formula is C77H178O38Si9. The van der Waals surface area contributed by atoms with Crippen molar-refractivity contribution in [3.63, 3.8) is 0 Å². The van der Waals surface area contributed by atoms with E-state index in [1.807, 2.05) is 0 Å². The van der Waals surface area contributed by atoms with Gasteiger partial charge in [-0.2, -0.15) is 0 Å². The van der Waals surface area contributed by atoms with Gasteiger partial charge in [0.1, 0.15) is 12.2 Å². The largest absolute Gasteiger partial charge is 0.500 e. The van der Waals surface area contributed by atoms with Gasteiger partial charge in [-0.3, -0.25) is 0 Å².